The van der Waals surface area contributed by atoms with E-state index in [-0.39, 0.29) is 5.78 Å². The molecule has 2 aromatic carbocycles. The number of ether oxygens (including phenoxy) is 1. The molecule has 0 spiro atoms. The number of Topliss-reactive ketones (excluding diaryl/α,β-unsaturated/α-hetero) is 1. The van der Waals surface area contributed by atoms with Crippen LogP contribution in [-0.2, 0) is 6.42 Å². The van der Waals surface area contributed by atoms with Gasteiger partial charge >= 0.3 is 0 Å². The van der Waals surface area contributed by atoms with Gasteiger partial charge in [-0.2, -0.15) is 5.10 Å². The summed E-state index contributed by atoms with van der Waals surface area (Å²) in [6.07, 6.45) is 3.90. The normalized spacial score (nSPS) is 11.0. The molecule has 5 nitrogen and oxygen atoms in total. The lowest BCUT2D eigenvalue weighted by molar-refractivity contribution is 0.0975. The highest BCUT2D eigenvalue weighted by molar-refractivity contribution is 5.95. The Hall–Kier alpha value is -3.47. The van der Waals surface area contributed by atoms with Gasteiger partial charge in [0.1, 0.15) is 11.4 Å². The Morgan fingerprint density at radius 3 is 2.57 bits per heavy atom. The predicted molar refractivity (Wildman–Crippen MR) is 118 cm³/mol. The van der Waals surface area contributed by atoms with Crippen LogP contribution in [0.3, 0.4) is 0 Å². The Bertz CT molecular complexity index is 1190. The quantitative estimate of drug-likeness (QED) is 0.400. The molecule has 152 valence electrons. The summed E-state index contributed by atoms with van der Waals surface area (Å²) in [7, 11) is 1.66. The van der Waals surface area contributed by atoms with E-state index < -0.39 is 0 Å². The maximum absolute atomic E-state index is 12.7. The van der Waals surface area contributed by atoms with Gasteiger partial charge in [-0.15, -0.1) is 0 Å². The molecule has 0 bridgehead atoms. The molecule has 4 rings (SSSR count). The van der Waals surface area contributed by atoms with Crippen molar-refractivity contribution in [1.82, 2.24) is 14.6 Å². The van der Waals surface area contributed by atoms with E-state index in [1.54, 1.807) is 23.9 Å². The van der Waals surface area contributed by atoms with E-state index in [1.807, 2.05) is 25.1 Å². The summed E-state index contributed by atoms with van der Waals surface area (Å²) in [5, 5.41) is 4.57. The Labute approximate surface area is 176 Å². The zero-order valence-electron chi connectivity index (χ0n) is 17.6. The molecule has 0 radical (unpaired) electrons. The molecule has 0 aliphatic heterocycles. The molecule has 2 aromatic heterocycles. The molecule has 0 aliphatic rings. The summed E-state index contributed by atoms with van der Waals surface area (Å²) in [5.74, 6) is 0.887. The van der Waals surface area contributed by atoms with Crippen LogP contribution in [0.25, 0.3) is 16.9 Å². The number of carbonyl (C=O) groups is 1. The van der Waals surface area contributed by atoms with Crippen LogP contribution in [-0.4, -0.2) is 27.5 Å². The first-order valence-corrected chi connectivity index (χ1v) is 10.1. The molecule has 0 amide bonds. The van der Waals surface area contributed by atoms with Gasteiger partial charge in [0.25, 0.3) is 0 Å². The number of benzene rings is 2. The van der Waals surface area contributed by atoms with Crippen LogP contribution < -0.4 is 4.74 Å². The van der Waals surface area contributed by atoms with E-state index in [9.17, 15) is 4.79 Å². The van der Waals surface area contributed by atoms with Crippen molar-refractivity contribution in [3.05, 3.63) is 83.2 Å². The van der Waals surface area contributed by atoms with Crippen molar-refractivity contribution < 1.29 is 9.53 Å². The van der Waals surface area contributed by atoms with Gasteiger partial charge in [-0.3, -0.25) is 4.79 Å². The summed E-state index contributed by atoms with van der Waals surface area (Å²) in [6.45, 7) is 4.08. The summed E-state index contributed by atoms with van der Waals surface area (Å²) in [6, 6.07) is 18.1. The largest absolute Gasteiger partial charge is 0.496 e. The van der Waals surface area contributed by atoms with Crippen LogP contribution in [0.15, 0.2) is 60.8 Å². The van der Waals surface area contributed by atoms with E-state index >= 15 is 0 Å². The fourth-order valence-electron chi connectivity index (χ4n) is 3.62. The standard InChI is InChI=1S/C25H25N3O2/c1-17-7-9-19(10-8-17)5-4-6-23(29)21-16-25-26-14-13-22(28(25)27-21)20-11-12-24(30-3)18(2)15-20/h7-16H,4-6H2,1-3H3. The van der Waals surface area contributed by atoms with Crippen molar-refractivity contribution in [3.8, 4) is 17.0 Å². The SMILES string of the molecule is COc1ccc(-c2ccnc3cc(C(=O)CCCc4ccc(C)cc4)nn23)cc1C. The molecule has 0 atom stereocenters. The van der Waals surface area contributed by atoms with Gasteiger partial charge in [-0.25, -0.2) is 9.50 Å². The second-order valence-electron chi connectivity index (χ2n) is 7.58. The van der Waals surface area contributed by atoms with E-state index in [0.29, 0.717) is 17.8 Å². The second-order valence-corrected chi connectivity index (χ2v) is 7.58. The topological polar surface area (TPSA) is 56.5 Å². The number of nitrogens with zero attached hydrogens (tertiary/aromatic N) is 3. The molecule has 0 aliphatic carbocycles. The maximum atomic E-state index is 12.7. The minimum absolute atomic E-state index is 0.0458. The Morgan fingerprint density at radius 1 is 1.03 bits per heavy atom. The second kappa shape index (κ2) is 8.49. The highest BCUT2D eigenvalue weighted by atomic mass is 16.5. The van der Waals surface area contributed by atoms with E-state index in [2.05, 4.69) is 47.3 Å². The molecule has 5 heteroatoms. The molecule has 0 saturated heterocycles. The molecule has 2 heterocycles. The van der Waals surface area contributed by atoms with Gasteiger partial charge < -0.3 is 4.74 Å². The average Bonchev–Trinajstić information content (AvgIpc) is 3.19. The minimum atomic E-state index is 0.0458. The number of fused-ring (bicyclic) bond motifs is 1. The number of rotatable bonds is 7. The molecule has 0 saturated carbocycles. The van der Waals surface area contributed by atoms with Crippen molar-refractivity contribution >= 4 is 11.4 Å². The first kappa shape index (κ1) is 19.8. The molecule has 0 N–H and O–H groups in total. The summed E-state index contributed by atoms with van der Waals surface area (Å²) >= 11 is 0. The summed E-state index contributed by atoms with van der Waals surface area (Å²) in [4.78, 5) is 17.1. The van der Waals surface area contributed by atoms with E-state index in [4.69, 9.17) is 4.74 Å². The maximum Gasteiger partial charge on any atom is 0.183 e. The van der Waals surface area contributed by atoms with Gasteiger partial charge in [-0.05, 0) is 62.1 Å². The molecular formula is C25H25N3O2. The van der Waals surface area contributed by atoms with Gasteiger partial charge in [0.05, 0.1) is 12.8 Å². The molecule has 0 fully saturated rings. The first-order chi connectivity index (χ1) is 14.5. The predicted octanol–water partition coefficient (Wildman–Crippen LogP) is 5.23. The minimum Gasteiger partial charge on any atom is -0.496 e. The number of hydrogen-bond acceptors (Lipinski definition) is 4. The fourth-order valence-corrected chi connectivity index (χ4v) is 3.62. The summed E-state index contributed by atoms with van der Waals surface area (Å²) < 4.78 is 7.10. The zero-order chi connectivity index (χ0) is 21.1. The van der Waals surface area contributed by atoms with Crippen LogP contribution in [0.4, 0.5) is 0 Å². The van der Waals surface area contributed by atoms with Crippen LogP contribution in [0.2, 0.25) is 0 Å². The fraction of sp³-hybridized carbons (Fsp3) is 0.240. The summed E-state index contributed by atoms with van der Waals surface area (Å²) in [5.41, 5.74) is 6.57. The van der Waals surface area contributed by atoms with Crippen molar-refractivity contribution in [1.29, 1.82) is 0 Å². The van der Waals surface area contributed by atoms with E-state index in [1.165, 1.54) is 11.1 Å². The van der Waals surface area contributed by atoms with Gasteiger partial charge in [0.2, 0.25) is 0 Å². The van der Waals surface area contributed by atoms with Gasteiger partial charge in [0.15, 0.2) is 11.4 Å². The lowest BCUT2D eigenvalue weighted by Gasteiger charge is -2.08. The number of methoxy groups -OCH3 is 1. The van der Waals surface area contributed by atoms with Crippen molar-refractivity contribution in [2.75, 3.05) is 7.11 Å². The van der Waals surface area contributed by atoms with Crippen LogP contribution >= 0.6 is 0 Å². The molecule has 0 unspecified atom stereocenters. The smallest absolute Gasteiger partial charge is 0.183 e. The third-order valence-corrected chi connectivity index (χ3v) is 5.32. The number of aryl methyl sites for hydroxylation is 3. The molecule has 30 heavy (non-hydrogen) atoms. The monoisotopic (exact) mass is 399 g/mol. The molecular weight excluding hydrogens is 374 g/mol. The van der Waals surface area contributed by atoms with Gasteiger partial charge in [0, 0.05) is 24.2 Å². The van der Waals surface area contributed by atoms with Crippen molar-refractivity contribution in [2.45, 2.75) is 33.1 Å². The van der Waals surface area contributed by atoms with Crippen molar-refractivity contribution in [3.63, 3.8) is 0 Å². The zero-order valence-corrected chi connectivity index (χ0v) is 17.6. The Balaban J connectivity index is 1.53. The number of carbonyl (C=O) groups excluding carboxylic acids is 1. The van der Waals surface area contributed by atoms with Crippen molar-refractivity contribution in [2.24, 2.45) is 0 Å². The van der Waals surface area contributed by atoms with Crippen LogP contribution in [0.5, 0.6) is 5.75 Å². The first-order valence-electron chi connectivity index (χ1n) is 10.1. The number of ketones is 1. The Morgan fingerprint density at radius 2 is 1.83 bits per heavy atom. The van der Waals surface area contributed by atoms with E-state index in [0.717, 1.165) is 35.4 Å². The van der Waals surface area contributed by atoms with Crippen LogP contribution in [0, 0.1) is 13.8 Å². The lowest BCUT2D eigenvalue weighted by Crippen LogP contribution is -2.02. The number of hydrogen-bond donors (Lipinski definition) is 0. The third-order valence-electron chi connectivity index (χ3n) is 5.32. The highest BCUT2D eigenvalue weighted by Gasteiger charge is 2.14. The number of aromatic nitrogens is 3. The lowest BCUT2D eigenvalue weighted by atomic mass is 10.0. The third kappa shape index (κ3) is 4.10. The highest BCUT2D eigenvalue weighted by Crippen LogP contribution is 2.26. The molecule has 4 aromatic rings. The van der Waals surface area contributed by atoms with Gasteiger partial charge in [-0.1, -0.05) is 29.8 Å². The average molecular weight is 399 g/mol. The Kier molecular flexibility index (Phi) is 5.61. The van der Waals surface area contributed by atoms with Crippen LogP contribution in [0.1, 0.15) is 40.0 Å².